The van der Waals surface area contributed by atoms with E-state index in [1.807, 2.05) is 0 Å². The first kappa shape index (κ1) is 9.58. The molecule has 0 bridgehead atoms. The molecule has 0 N–H and O–H groups in total. The van der Waals surface area contributed by atoms with Gasteiger partial charge in [0.25, 0.3) is 6.43 Å². The first-order valence-corrected chi connectivity index (χ1v) is 3.74. The van der Waals surface area contributed by atoms with Crippen molar-refractivity contribution >= 4 is 12.4 Å². The number of rotatable bonds is 3. The van der Waals surface area contributed by atoms with Crippen LogP contribution in [0, 0.1) is 0 Å². The van der Waals surface area contributed by atoms with Crippen LogP contribution in [0.3, 0.4) is 0 Å². The highest BCUT2D eigenvalue weighted by Crippen LogP contribution is 2.19. The summed E-state index contributed by atoms with van der Waals surface area (Å²) in [5.41, 5.74) is 0.568. The molecule has 1 aromatic carbocycles. The summed E-state index contributed by atoms with van der Waals surface area (Å²) in [5, 5.41) is 0. The van der Waals surface area contributed by atoms with Crippen molar-refractivity contribution in [1.82, 2.24) is 0 Å². The van der Waals surface area contributed by atoms with Crippen LogP contribution in [-0.4, -0.2) is 6.29 Å². The molecule has 1 rings (SSSR count). The van der Waals surface area contributed by atoms with Crippen LogP contribution in [0.15, 0.2) is 30.3 Å². The van der Waals surface area contributed by atoms with Crippen LogP contribution in [0.1, 0.15) is 17.6 Å². The molecule has 1 nitrogen and oxygen atoms in total. The van der Waals surface area contributed by atoms with Crippen LogP contribution in [0.5, 0.6) is 0 Å². The van der Waals surface area contributed by atoms with Crippen molar-refractivity contribution in [2.45, 2.75) is 6.43 Å². The smallest absolute Gasteiger partial charge is 0.263 e. The van der Waals surface area contributed by atoms with E-state index in [1.165, 1.54) is 30.4 Å². The van der Waals surface area contributed by atoms with E-state index in [9.17, 15) is 13.6 Å². The zero-order valence-electron chi connectivity index (χ0n) is 6.78. The van der Waals surface area contributed by atoms with E-state index in [0.717, 1.165) is 0 Å². The van der Waals surface area contributed by atoms with Crippen LogP contribution >= 0.6 is 0 Å². The van der Waals surface area contributed by atoms with Gasteiger partial charge in [0, 0.05) is 5.56 Å². The third kappa shape index (κ3) is 2.78. The third-order valence-electron chi connectivity index (χ3n) is 1.53. The normalized spacial score (nSPS) is 11.0. The van der Waals surface area contributed by atoms with Gasteiger partial charge in [-0.1, -0.05) is 24.3 Å². The molecule has 13 heavy (non-hydrogen) atoms. The number of alkyl halides is 2. The van der Waals surface area contributed by atoms with Gasteiger partial charge in [-0.25, -0.2) is 8.78 Å². The fourth-order valence-corrected chi connectivity index (χ4v) is 0.949. The Hall–Kier alpha value is -1.51. The summed E-state index contributed by atoms with van der Waals surface area (Å²) >= 11 is 0. The molecule has 0 amide bonds. The standard InChI is InChI=1S/C10H8F2O/c11-10(12)9-5-1-3-8(7-9)4-2-6-13/h1-7,10H/b4-2+. The fraction of sp³-hybridized carbons (Fsp3) is 0.100. The van der Waals surface area contributed by atoms with Crippen molar-refractivity contribution < 1.29 is 13.6 Å². The van der Waals surface area contributed by atoms with Crippen molar-refractivity contribution in [3.63, 3.8) is 0 Å². The molecule has 0 radical (unpaired) electrons. The highest BCUT2D eigenvalue weighted by atomic mass is 19.3. The summed E-state index contributed by atoms with van der Waals surface area (Å²) in [6, 6.07) is 5.89. The molecular formula is C10H8F2O. The Kier molecular flexibility index (Phi) is 3.31. The Balaban J connectivity index is 2.91. The van der Waals surface area contributed by atoms with Crippen LogP contribution in [-0.2, 0) is 4.79 Å². The minimum atomic E-state index is -2.47. The van der Waals surface area contributed by atoms with E-state index in [-0.39, 0.29) is 5.56 Å². The topological polar surface area (TPSA) is 17.1 Å². The second-order valence-electron chi connectivity index (χ2n) is 2.47. The molecular weight excluding hydrogens is 174 g/mol. The molecule has 0 atom stereocenters. The van der Waals surface area contributed by atoms with Gasteiger partial charge in [0.1, 0.15) is 6.29 Å². The second-order valence-corrected chi connectivity index (χ2v) is 2.47. The number of carbonyl (C=O) groups is 1. The first-order chi connectivity index (χ1) is 6.24. The zero-order chi connectivity index (χ0) is 9.68. The van der Waals surface area contributed by atoms with E-state index in [4.69, 9.17) is 0 Å². The Morgan fingerprint density at radius 2 is 2.08 bits per heavy atom. The lowest BCUT2D eigenvalue weighted by Gasteiger charge is -1.99. The van der Waals surface area contributed by atoms with Gasteiger partial charge >= 0.3 is 0 Å². The quantitative estimate of drug-likeness (QED) is 0.519. The summed E-state index contributed by atoms with van der Waals surface area (Å²) in [6.07, 6.45) is 0.892. The number of allylic oxidation sites excluding steroid dienone is 1. The van der Waals surface area contributed by atoms with Crippen molar-refractivity contribution in [3.05, 3.63) is 41.5 Å². The molecule has 0 saturated heterocycles. The lowest BCUT2D eigenvalue weighted by Crippen LogP contribution is -1.83. The van der Waals surface area contributed by atoms with Crippen molar-refractivity contribution in [1.29, 1.82) is 0 Å². The van der Waals surface area contributed by atoms with Gasteiger partial charge in [-0.15, -0.1) is 0 Å². The lowest BCUT2D eigenvalue weighted by atomic mass is 10.1. The van der Waals surface area contributed by atoms with Crippen molar-refractivity contribution in [2.75, 3.05) is 0 Å². The van der Waals surface area contributed by atoms with Gasteiger partial charge in [0.05, 0.1) is 0 Å². The highest BCUT2D eigenvalue weighted by Gasteiger charge is 2.05. The van der Waals surface area contributed by atoms with Gasteiger partial charge in [-0.3, -0.25) is 4.79 Å². The molecule has 1 aromatic rings. The van der Waals surface area contributed by atoms with Crippen molar-refractivity contribution in [2.24, 2.45) is 0 Å². The maximum atomic E-state index is 12.2. The Bertz CT molecular complexity index is 318. The molecule has 0 aliphatic carbocycles. The summed E-state index contributed by atoms with van der Waals surface area (Å²) in [5.74, 6) is 0. The maximum Gasteiger partial charge on any atom is 0.263 e. The van der Waals surface area contributed by atoms with Crippen LogP contribution < -0.4 is 0 Å². The lowest BCUT2D eigenvalue weighted by molar-refractivity contribution is -0.104. The largest absolute Gasteiger partial charge is 0.299 e. The minimum absolute atomic E-state index is 0.0342. The van der Waals surface area contributed by atoms with Crippen molar-refractivity contribution in [3.8, 4) is 0 Å². The van der Waals surface area contributed by atoms with Gasteiger partial charge < -0.3 is 0 Å². The molecule has 0 fully saturated rings. The second kappa shape index (κ2) is 4.50. The van der Waals surface area contributed by atoms with Gasteiger partial charge in [0.15, 0.2) is 0 Å². The summed E-state index contributed by atoms with van der Waals surface area (Å²) in [7, 11) is 0. The van der Waals surface area contributed by atoms with E-state index in [1.54, 1.807) is 6.07 Å². The number of halogens is 2. The zero-order valence-corrected chi connectivity index (χ0v) is 6.78. The minimum Gasteiger partial charge on any atom is -0.299 e. The molecule has 0 unspecified atom stereocenters. The van der Waals surface area contributed by atoms with Crippen LogP contribution in [0.2, 0.25) is 0 Å². The number of benzene rings is 1. The average molecular weight is 182 g/mol. The fourth-order valence-electron chi connectivity index (χ4n) is 0.949. The van der Waals surface area contributed by atoms with Gasteiger partial charge in [-0.2, -0.15) is 0 Å². The Labute approximate surface area is 74.7 Å². The number of hydrogen-bond donors (Lipinski definition) is 0. The van der Waals surface area contributed by atoms with Gasteiger partial charge in [0.2, 0.25) is 0 Å². The molecule has 68 valence electrons. The predicted octanol–water partition coefficient (Wildman–Crippen LogP) is 2.84. The molecule has 0 spiro atoms. The maximum absolute atomic E-state index is 12.2. The molecule has 0 saturated carbocycles. The number of carbonyl (C=O) groups excluding carboxylic acids is 1. The SMILES string of the molecule is O=C/C=C/c1cccc(C(F)F)c1. The summed E-state index contributed by atoms with van der Waals surface area (Å²) in [6.45, 7) is 0. The average Bonchev–Trinajstić information content (AvgIpc) is 2.15. The summed E-state index contributed by atoms with van der Waals surface area (Å²) in [4.78, 5) is 9.96. The molecule has 3 heteroatoms. The highest BCUT2D eigenvalue weighted by molar-refractivity contribution is 5.73. The van der Waals surface area contributed by atoms with Gasteiger partial charge in [-0.05, 0) is 17.7 Å². The Morgan fingerprint density at radius 3 is 2.69 bits per heavy atom. The molecule has 0 aromatic heterocycles. The number of aldehydes is 1. The first-order valence-electron chi connectivity index (χ1n) is 3.74. The molecule has 0 aliphatic rings. The summed E-state index contributed by atoms with van der Waals surface area (Å²) < 4.78 is 24.4. The monoisotopic (exact) mass is 182 g/mol. The predicted molar refractivity (Wildman–Crippen MR) is 46.5 cm³/mol. The van der Waals surface area contributed by atoms with Crippen LogP contribution in [0.4, 0.5) is 8.78 Å². The van der Waals surface area contributed by atoms with E-state index in [0.29, 0.717) is 11.8 Å². The molecule has 0 aliphatic heterocycles. The Morgan fingerprint density at radius 1 is 1.31 bits per heavy atom. The molecule has 0 heterocycles. The van der Waals surface area contributed by atoms with Crippen LogP contribution in [0.25, 0.3) is 6.08 Å². The van der Waals surface area contributed by atoms with E-state index < -0.39 is 6.43 Å². The number of hydrogen-bond acceptors (Lipinski definition) is 1. The third-order valence-corrected chi connectivity index (χ3v) is 1.53. The van der Waals surface area contributed by atoms with E-state index in [2.05, 4.69) is 0 Å². The van der Waals surface area contributed by atoms with E-state index >= 15 is 0 Å².